The Labute approximate surface area is 199 Å². The highest BCUT2D eigenvalue weighted by molar-refractivity contribution is 5.69. The molecule has 0 saturated heterocycles. The van der Waals surface area contributed by atoms with Crippen molar-refractivity contribution < 1.29 is 84.2 Å². The monoisotopic (exact) mass is 597 g/mol. The molecule has 3 nitrogen and oxygen atoms in total. The van der Waals surface area contributed by atoms with E-state index in [-0.39, 0.29) is 6.42 Å². The number of ether oxygens (including phenoxy) is 1. The molecule has 20 heteroatoms. The van der Waals surface area contributed by atoms with Crippen LogP contribution in [-0.2, 0) is 16.0 Å². The van der Waals surface area contributed by atoms with Crippen molar-refractivity contribution in [2.75, 3.05) is 6.61 Å². The zero-order chi connectivity index (χ0) is 30.2. The largest absolute Gasteiger partial charge is 0.465 e. The van der Waals surface area contributed by atoms with Crippen LogP contribution in [0.5, 0.6) is 0 Å². The fourth-order valence-corrected chi connectivity index (χ4v) is 2.51. The Hall–Kier alpha value is -2.57. The Morgan fingerprint density at radius 3 is 1.55 bits per heavy atom. The molecule has 1 heterocycles. The Morgan fingerprint density at radius 1 is 0.684 bits per heavy atom. The summed E-state index contributed by atoms with van der Waals surface area (Å²) in [5.41, 5.74) is 0.358. The van der Waals surface area contributed by atoms with Gasteiger partial charge in [-0.3, -0.25) is 9.78 Å². The molecule has 0 atom stereocenters. The second-order valence-corrected chi connectivity index (χ2v) is 7.48. The molecule has 0 unspecified atom stereocenters. The highest BCUT2D eigenvalue weighted by atomic mass is 19.4. The molecule has 0 saturated carbocycles. The SMILES string of the molecule is O=C(CCc1cccnc1)OCCC(F)(F)C(F)(F)C(F)(F)C(F)(F)C(F)(F)C(F)(F)C(F)(F)C(F)(F)F. The summed E-state index contributed by atoms with van der Waals surface area (Å²) in [4.78, 5) is 15.1. The number of halogens is 17. The van der Waals surface area contributed by atoms with Gasteiger partial charge < -0.3 is 4.74 Å². The number of aryl methyl sites for hydroxylation is 1. The molecule has 0 radical (unpaired) electrons. The lowest BCUT2D eigenvalue weighted by atomic mass is 9.88. The van der Waals surface area contributed by atoms with E-state index in [1.54, 1.807) is 0 Å². The lowest BCUT2D eigenvalue weighted by Crippen LogP contribution is -2.74. The molecule has 0 aliphatic heterocycles. The third kappa shape index (κ3) is 5.43. The molecule has 0 aliphatic rings. The van der Waals surface area contributed by atoms with Gasteiger partial charge in [0.1, 0.15) is 0 Å². The van der Waals surface area contributed by atoms with Crippen molar-refractivity contribution >= 4 is 5.97 Å². The van der Waals surface area contributed by atoms with Gasteiger partial charge in [0, 0.05) is 18.8 Å². The molecule has 0 fully saturated rings. The smallest absolute Gasteiger partial charge is 0.460 e. The van der Waals surface area contributed by atoms with E-state index in [9.17, 15) is 79.4 Å². The van der Waals surface area contributed by atoms with Crippen LogP contribution in [0.25, 0.3) is 0 Å². The predicted molar refractivity (Wildman–Crippen MR) is 88.8 cm³/mol. The minimum absolute atomic E-state index is 0.185. The molecule has 0 N–H and O–H groups in total. The average molecular weight is 597 g/mol. The molecule has 0 spiro atoms. The highest BCUT2D eigenvalue weighted by Gasteiger charge is 2.95. The van der Waals surface area contributed by atoms with E-state index in [0.717, 1.165) is 0 Å². The van der Waals surface area contributed by atoms with E-state index in [1.165, 1.54) is 24.5 Å². The van der Waals surface area contributed by atoms with Gasteiger partial charge in [0.2, 0.25) is 0 Å². The fourth-order valence-electron chi connectivity index (χ4n) is 2.51. The predicted octanol–water partition coefficient (Wildman–Crippen LogP) is 6.96. The first kappa shape index (κ1) is 33.5. The maximum absolute atomic E-state index is 13.7. The van der Waals surface area contributed by atoms with Crippen LogP contribution in [0.1, 0.15) is 18.4 Å². The number of pyridine rings is 1. The molecular formula is C18H12F17NO2. The lowest BCUT2D eigenvalue weighted by molar-refractivity contribution is -0.461. The first-order valence-electron chi connectivity index (χ1n) is 9.48. The van der Waals surface area contributed by atoms with Crippen LogP contribution < -0.4 is 0 Å². The minimum Gasteiger partial charge on any atom is -0.465 e. The molecule has 38 heavy (non-hydrogen) atoms. The van der Waals surface area contributed by atoms with Gasteiger partial charge in [-0.1, -0.05) is 6.07 Å². The van der Waals surface area contributed by atoms with Gasteiger partial charge in [0.05, 0.1) is 13.0 Å². The van der Waals surface area contributed by atoms with Crippen molar-refractivity contribution in [3.8, 4) is 0 Å². The molecule has 0 amide bonds. The van der Waals surface area contributed by atoms with Gasteiger partial charge in [-0.2, -0.15) is 74.6 Å². The number of esters is 1. The molecule has 1 rings (SSSR count). The Bertz CT molecular complexity index is 959. The number of alkyl halides is 17. The molecule has 0 aliphatic carbocycles. The summed E-state index contributed by atoms with van der Waals surface area (Å²) in [5.74, 6) is -58.3. The van der Waals surface area contributed by atoms with Crippen LogP contribution >= 0.6 is 0 Å². The Balaban J connectivity index is 3.13. The highest BCUT2D eigenvalue weighted by Crippen LogP contribution is 2.64. The van der Waals surface area contributed by atoms with Gasteiger partial charge in [-0.25, -0.2) is 0 Å². The number of carbonyl (C=O) groups is 1. The standard InChI is InChI=1S/C18H12F17NO2/c19-11(20,5-7-38-10(37)4-3-9-2-1-6-36-8-9)12(21,22)13(23,24)14(25,26)15(27,28)16(29,30)17(31,32)18(33,34)35/h1-2,6,8H,3-5,7H2. The molecule has 220 valence electrons. The third-order valence-corrected chi connectivity index (χ3v) is 4.81. The number of hydrogen-bond acceptors (Lipinski definition) is 3. The minimum atomic E-state index is -8.68. The van der Waals surface area contributed by atoms with Crippen LogP contribution in [-0.4, -0.2) is 65.2 Å². The maximum Gasteiger partial charge on any atom is 0.460 e. The third-order valence-electron chi connectivity index (χ3n) is 4.81. The molecule has 0 bridgehead atoms. The Kier molecular flexibility index (Phi) is 8.98. The Morgan fingerprint density at radius 2 is 1.13 bits per heavy atom. The van der Waals surface area contributed by atoms with E-state index in [4.69, 9.17) is 0 Å². The summed E-state index contributed by atoms with van der Waals surface area (Å²) in [7, 11) is 0. The lowest BCUT2D eigenvalue weighted by Gasteiger charge is -2.42. The van der Waals surface area contributed by atoms with Crippen LogP contribution in [0.15, 0.2) is 24.5 Å². The zero-order valence-corrected chi connectivity index (χ0v) is 17.8. The summed E-state index contributed by atoms with van der Waals surface area (Å²) in [6, 6.07) is 2.80. The summed E-state index contributed by atoms with van der Waals surface area (Å²) < 4.78 is 228. The normalized spacial score (nSPS) is 15.0. The van der Waals surface area contributed by atoms with E-state index in [1.807, 2.05) is 0 Å². The number of aromatic nitrogens is 1. The van der Waals surface area contributed by atoms with Crippen LogP contribution in [0.2, 0.25) is 0 Å². The van der Waals surface area contributed by atoms with E-state index < -0.39 is 73.1 Å². The first-order chi connectivity index (χ1) is 16.7. The second kappa shape index (κ2) is 10.2. The average Bonchev–Trinajstić information content (AvgIpc) is 2.76. The van der Waals surface area contributed by atoms with Crippen LogP contribution in [0.3, 0.4) is 0 Å². The van der Waals surface area contributed by atoms with E-state index in [0.29, 0.717) is 5.56 Å². The molecule has 0 aromatic carbocycles. The summed E-state index contributed by atoms with van der Waals surface area (Å²) >= 11 is 0. The van der Waals surface area contributed by atoms with Gasteiger partial charge >= 0.3 is 53.6 Å². The maximum atomic E-state index is 13.7. The van der Waals surface area contributed by atoms with Crippen molar-refractivity contribution in [2.24, 2.45) is 0 Å². The summed E-state index contributed by atoms with van der Waals surface area (Å²) in [6.45, 7) is -1.96. The number of hydrogen-bond donors (Lipinski definition) is 0. The van der Waals surface area contributed by atoms with E-state index in [2.05, 4.69) is 9.72 Å². The van der Waals surface area contributed by atoms with Crippen LogP contribution in [0, 0.1) is 0 Å². The second-order valence-electron chi connectivity index (χ2n) is 7.48. The van der Waals surface area contributed by atoms with Gasteiger partial charge in [-0.15, -0.1) is 0 Å². The van der Waals surface area contributed by atoms with Crippen molar-refractivity contribution in [1.82, 2.24) is 4.98 Å². The molecular weight excluding hydrogens is 585 g/mol. The van der Waals surface area contributed by atoms with Gasteiger partial charge in [0.25, 0.3) is 0 Å². The first-order valence-corrected chi connectivity index (χ1v) is 9.48. The van der Waals surface area contributed by atoms with Crippen molar-refractivity contribution in [3.05, 3.63) is 30.1 Å². The van der Waals surface area contributed by atoms with Crippen molar-refractivity contribution in [3.63, 3.8) is 0 Å². The number of carbonyl (C=O) groups excluding carboxylic acids is 1. The van der Waals surface area contributed by atoms with Gasteiger partial charge in [-0.05, 0) is 18.1 Å². The quantitative estimate of drug-likeness (QED) is 0.193. The van der Waals surface area contributed by atoms with E-state index >= 15 is 0 Å². The summed E-state index contributed by atoms with van der Waals surface area (Å²) in [6.07, 6.45) is -8.95. The molecule has 1 aromatic rings. The summed E-state index contributed by atoms with van der Waals surface area (Å²) in [5, 5.41) is 0. The fraction of sp³-hybridized carbons (Fsp3) is 0.667. The topological polar surface area (TPSA) is 39.2 Å². The van der Waals surface area contributed by atoms with Crippen molar-refractivity contribution in [1.29, 1.82) is 0 Å². The van der Waals surface area contributed by atoms with Crippen LogP contribution in [0.4, 0.5) is 74.6 Å². The zero-order valence-electron chi connectivity index (χ0n) is 17.8. The van der Waals surface area contributed by atoms with Gasteiger partial charge in [0.15, 0.2) is 0 Å². The number of rotatable bonds is 12. The van der Waals surface area contributed by atoms with Crippen molar-refractivity contribution in [2.45, 2.75) is 66.9 Å². The molecule has 1 aromatic heterocycles. The number of nitrogens with zero attached hydrogens (tertiary/aromatic N) is 1.